The van der Waals surface area contributed by atoms with E-state index in [1.807, 2.05) is 56.3 Å². The molecule has 1 atom stereocenters. The Bertz CT molecular complexity index is 883. The fourth-order valence-corrected chi connectivity index (χ4v) is 3.70. The second-order valence-electron chi connectivity index (χ2n) is 7.71. The van der Waals surface area contributed by atoms with Gasteiger partial charge in [0.15, 0.2) is 0 Å². The molecule has 2 aromatic rings. The van der Waals surface area contributed by atoms with Crippen LogP contribution >= 0.6 is 0 Å². The first kappa shape index (κ1) is 21.1. The Morgan fingerprint density at radius 1 is 1.17 bits per heavy atom. The smallest absolute Gasteiger partial charge is 0.426 e. The number of nitrogens with one attached hydrogen (secondary N) is 1. The zero-order valence-electron chi connectivity index (χ0n) is 16.9. The number of amides is 2. The maximum absolute atomic E-state index is 12.5. The molecule has 1 heterocycles. The van der Waals surface area contributed by atoms with E-state index in [1.54, 1.807) is 4.90 Å². The van der Waals surface area contributed by atoms with E-state index in [1.165, 1.54) is 0 Å². The van der Waals surface area contributed by atoms with Gasteiger partial charge in [0, 0.05) is 18.7 Å². The van der Waals surface area contributed by atoms with Crippen molar-refractivity contribution in [3.05, 3.63) is 64.7 Å². The zero-order valence-corrected chi connectivity index (χ0v) is 16.9. The van der Waals surface area contributed by atoms with E-state index in [4.69, 9.17) is 0 Å². The lowest BCUT2D eigenvalue weighted by Crippen LogP contribution is -2.48. The van der Waals surface area contributed by atoms with Crippen molar-refractivity contribution in [3.63, 3.8) is 0 Å². The van der Waals surface area contributed by atoms with Crippen LogP contribution in [0.1, 0.15) is 35.1 Å². The van der Waals surface area contributed by atoms with Crippen molar-refractivity contribution in [3.8, 4) is 0 Å². The van der Waals surface area contributed by atoms with Crippen molar-refractivity contribution in [2.24, 2.45) is 0 Å². The maximum Gasteiger partial charge on any atom is 0.475 e. The predicted molar refractivity (Wildman–Crippen MR) is 113 cm³/mol. The summed E-state index contributed by atoms with van der Waals surface area (Å²) in [7, 11) is -1.65. The van der Waals surface area contributed by atoms with Gasteiger partial charge in [-0.1, -0.05) is 35.9 Å². The van der Waals surface area contributed by atoms with E-state index in [0.717, 1.165) is 40.9 Å². The second kappa shape index (κ2) is 9.24. The van der Waals surface area contributed by atoms with Crippen molar-refractivity contribution in [1.82, 2.24) is 5.32 Å². The van der Waals surface area contributed by atoms with Gasteiger partial charge in [0.05, 0.1) is 12.4 Å². The lowest BCUT2D eigenvalue weighted by Gasteiger charge is -2.19. The Morgan fingerprint density at radius 3 is 2.48 bits per heavy atom. The number of benzene rings is 2. The summed E-state index contributed by atoms with van der Waals surface area (Å²) in [5, 5.41) is 22.2. The number of aryl methyl sites for hydroxylation is 2. The van der Waals surface area contributed by atoms with Gasteiger partial charge in [-0.2, -0.15) is 0 Å². The molecule has 1 fully saturated rings. The third-order valence-electron chi connectivity index (χ3n) is 5.33. The van der Waals surface area contributed by atoms with Gasteiger partial charge >= 0.3 is 7.12 Å². The molecule has 2 amide bonds. The van der Waals surface area contributed by atoms with Crippen LogP contribution in [-0.4, -0.2) is 41.5 Å². The van der Waals surface area contributed by atoms with Crippen molar-refractivity contribution in [2.45, 2.75) is 45.5 Å². The molecule has 3 N–H and O–H groups in total. The first-order valence-electron chi connectivity index (χ1n) is 9.94. The summed E-state index contributed by atoms with van der Waals surface area (Å²) in [5.74, 6) is -0.940. The number of carbonyl (C=O) groups is 2. The normalized spacial score (nSPS) is 14.8. The van der Waals surface area contributed by atoms with Crippen molar-refractivity contribution >= 4 is 24.6 Å². The molecule has 0 spiro atoms. The molecule has 1 aliphatic rings. The van der Waals surface area contributed by atoms with Gasteiger partial charge in [-0.15, -0.1) is 0 Å². The van der Waals surface area contributed by atoms with E-state index >= 15 is 0 Å². The molecule has 152 valence electrons. The molecule has 29 heavy (non-hydrogen) atoms. The molecule has 1 saturated heterocycles. The lowest BCUT2D eigenvalue weighted by atomic mass is 9.75. The monoisotopic (exact) mass is 394 g/mol. The molecule has 0 aromatic heterocycles. The topological polar surface area (TPSA) is 89.9 Å². The minimum Gasteiger partial charge on any atom is -0.426 e. The standard InChI is InChI=1S/C22H27BN2O4/c1-15-5-8-18(16(2)12-15)14-20(23(28)29)24-21(26)13-17-6-9-19(10-7-17)25-11-3-4-22(25)27/h5-10,12,20,28-29H,3-4,11,13-14H2,1-2H3,(H,24,26). The number of carbonyl (C=O) groups excluding carboxylic acids is 2. The Balaban J connectivity index is 1.60. The fraction of sp³-hybridized carbons (Fsp3) is 0.364. The minimum atomic E-state index is -1.65. The molecule has 0 saturated carbocycles. The summed E-state index contributed by atoms with van der Waals surface area (Å²) in [4.78, 5) is 26.0. The highest BCUT2D eigenvalue weighted by atomic mass is 16.4. The molecule has 1 aliphatic heterocycles. The molecule has 3 rings (SSSR count). The van der Waals surface area contributed by atoms with Gasteiger partial charge in [0.25, 0.3) is 0 Å². The van der Waals surface area contributed by atoms with Crippen molar-refractivity contribution in [2.75, 3.05) is 11.4 Å². The van der Waals surface area contributed by atoms with Gasteiger partial charge in [0.1, 0.15) is 0 Å². The van der Waals surface area contributed by atoms with Crippen LogP contribution in [0.15, 0.2) is 42.5 Å². The van der Waals surface area contributed by atoms with E-state index in [2.05, 4.69) is 5.32 Å². The molecular formula is C22H27BN2O4. The average Bonchev–Trinajstić information content (AvgIpc) is 3.09. The molecule has 2 aromatic carbocycles. The van der Waals surface area contributed by atoms with Crippen LogP contribution in [0.4, 0.5) is 5.69 Å². The highest BCUT2D eigenvalue weighted by Crippen LogP contribution is 2.21. The third kappa shape index (κ3) is 5.46. The summed E-state index contributed by atoms with van der Waals surface area (Å²) in [6.07, 6.45) is 1.92. The van der Waals surface area contributed by atoms with Gasteiger partial charge < -0.3 is 20.3 Å². The average molecular weight is 394 g/mol. The summed E-state index contributed by atoms with van der Waals surface area (Å²) in [6, 6.07) is 13.3. The first-order chi connectivity index (χ1) is 13.8. The zero-order chi connectivity index (χ0) is 21.0. The molecule has 0 aliphatic carbocycles. The Hall–Kier alpha value is -2.64. The van der Waals surface area contributed by atoms with E-state index in [-0.39, 0.29) is 18.2 Å². The van der Waals surface area contributed by atoms with Crippen LogP contribution in [0.3, 0.4) is 0 Å². The van der Waals surface area contributed by atoms with Crippen molar-refractivity contribution < 1.29 is 19.6 Å². The Kier molecular flexibility index (Phi) is 6.72. The second-order valence-corrected chi connectivity index (χ2v) is 7.71. The number of rotatable bonds is 7. The SMILES string of the molecule is Cc1ccc(CC(NC(=O)Cc2ccc(N3CCCC3=O)cc2)B(O)O)c(C)c1. The van der Waals surface area contributed by atoms with Gasteiger partial charge in [-0.05, 0) is 55.5 Å². The number of hydrogen-bond donors (Lipinski definition) is 3. The van der Waals surface area contributed by atoms with E-state index < -0.39 is 13.1 Å². The van der Waals surface area contributed by atoms with E-state index in [9.17, 15) is 19.6 Å². The van der Waals surface area contributed by atoms with Crippen LogP contribution in [0.25, 0.3) is 0 Å². The Morgan fingerprint density at radius 2 is 1.90 bits per heavy atom. The predicted octanol–water partition coefficient (Wildman–Crippen LogP) is 1.71. The molecule has 0 bridgehead atoms. The molecule has 6 nitrogen and oxygen atoms in total. The lowest BCUT2D eigenvalue weighted by molar-refractivity contribution is -0.121. The molecular weight excluding hydrogens is 367 g/mol. The highest BCUT2D eigenvalue weighted by molar-refractivity contribution is 6.43. The highest BCUT2D eigenvalue weighted by Gasteiger charge is 2.26. The molecule has 0 radical (unpaired) electrons. The summed E-state index contributed by atoms with van der Waals surface area (Å²) >= 11 is 0. The van der Waals surface area contributed by atoms with E-state index in [0.29, 0.717) is 12.8 Å². The number of anilines is 1. The summed E-state index contributed by atoms with van der Waals surface area (Å²) < 4.78 is 0. The summed E-state index contributed by atoms with van der Waals surface area (Å²) in [6.45, 7) is 4.70. The van der Waals surface area contributed by atoms with Gasteiger partial charge in [-0.3, -0.25) is 9.59 Å². The van der Waals surface area contributed by atoms with Crippen LogP contribution in [0.2, 0.25) is 0 Å². The minimum absolute atomic E-state index is 0.127. The quantitative estimate of drug-likeness (QED) is 0.624. The molecule has 7 heteroatoms. The third-order valence-corrected chi connectivity index (χ3v) is 5.33. The van der Waals surface area contributed by atoms with Crippen LogP contribution in [0.5, 0.6) is 0 Å². The van der Waals surface area contributed by atoms with Gasteiger partial charge in [-0.25, -0.2) is 0 Å². The molecule has 1 unspecified atom stereocenters. The number of hydrogen-bond acceptors (Lipinski definition) is 4. The van der Waals surface area contributed by atoms with Gasteiger partial charge in [0.2, 0.25) is 11.8 Å². The number of nitrogens with zero attached hydrogens (tertiary/aromatic N) is 1. The summed E-state index contributed by atoms with van der Waals surface area (Å²) in [5.41, 5.74) is 4.80. The van der Waals surface area contributed by atoms with Crippen LogP contribution in [-0.2, 0) is 22.4 Å². The fourth-order valence-electron chi connectivity index (χ4n) is 3.70. The van der Waals surface area contributed by atoms with Crippen molar-refractivity contribution in [1.29, 1.82) is 0 Å². The Labute approximate surface area is 171 Å². The van der Waals surface area contributed by atoms with Crippen LogP contribution in [0, 0.1) is 13.8 Å². The van der Waals surface area contributed by atoms with Crippen LogP contribution < -0.4 is 10.2 Å². The largest absolute Gasteiger partial charge is 0.475 e. The first-order valence-corrected chi connectivity index (χ1v) is 9.94. The maximum atomic E-state index is 12.5.